The number of rotatable bonds is 5. The summed E-state index contributed by atoms with van der Waals surface area (Å²) in [6, 6.07) is 8.17. The molecular formula is C16H18BrFN2O. The molecule has 2 aromatic rings. The van der Waals surface area contributed by atoms with Crippen LogP contribution in [-0.2, 0) is 13.1 Å². The van der Waals surface area contributed by atoms with Gasteiger partial charge in [-0.3, -0.25) is 4.79 Å². The molecule has 0 saturated heterocycles. The van der Waals surface area contributed by atoms with E-state index in [-0.39, 0.29) is 11.7 Å². The predicted octanol–water partition coefficient (Wildman–Crippen LogP) is 4.07. The SMILES string of the molecule is CCN(Cc1cccc(F)c1)C(=O)c1cc(Br)cn1CC. The van der Waals surface area contributed by atoms with E-state index in [1.54, 1.807) is 11.0 Å². The normalized spacial score (nSPS) is 10.7. The third-order valence-electron chi connectivity index (χ3n) is 3.35. The van der Waals surface area contributed by atoms with Crippen molar-refractivity contribution in [2.75, 3.05) is 6.54 Å². The summed E-state index contributed by atoms with van der Waals surface area (Å²) < 4.78 is 16.0. The first-order valence-corrected chi connectivity index (χ1v) is 7.73. The summed E-state index contributed by atoms with van der Waals surface area (Å²) in [6.45, 7) is 5.61. The highest BCUT2D eigenvalue weighted by molar-refractivity contribution is 9.10. The molecule has 1 aromatic carbocycles. The lowest BCUT2D eigenvalue weighted by Gasteiger charge is -2.21. The molecule has 0 atom stereocenters. The van der Waals surface area contributed by atoms with Gasteiger partial charge in [-0.1, -0.05) is 12.1 Å². The van der Waals surface area contributed by atoms with Crippen molar-refractivity contribution < 1.29 is 9.18 Å². The van der Waals surface area contributed by atoms with E-state index in [0.717, 1.165) is 16.6 Å². The predicted molar refractivity (Wildman–Crippen MR) is 84.6 cm³/mol. The smallest absolute Gasteiger partial charge is 0.270 e. The summed E-state index contributed by atoms with van der Waals surface area (Å²) in [5, 5.41) is 0. The number of carbonyl (C=O) groups excluding carboxylic acids is 1. The molecule has 1 amide bonds. The zero-order valence-electron chi connectivity index (χ0n) is 12.1. The average Bonchev–Trinajstić information content (AvgIpc) is 2.85. The highest BCUT2D eigenvalue weighted by Crippen LogP contribution is 2.18. The molecule has 0 fully saturated rings. The van der Waals surface area contributed by atoms with Crippen molar-refractivity contribution in [3.63, 3.8) is 0 Å². The number of carbonyl (C=O) groups is 1. The van der Waals surface area contributed by atoms with Crippen LogP contribution in [0.1, 0.15) is 29.9 Å². The average molecular weight is 353 g/mol. The van der Waals surface area contributed by atoms with Crippen LogP contribution in [0.2, 0.25) is 0 Å². The quantitative estimate of drug-likeness (QED) is 0.796. The van der Waals surface area contributed by atoms with Crippen LogP contribution in [0.25, 0.3) is 0 Å². The Kier molecular flexibility index (Phi) is 5.17. The lowest BCUT2D eigenvalue weighted by Crippen LogP contribution is -2.31. The van der Waals surface area contributed by atoms with Crippen LogP contribution in [0.15, 0.2) is 41.0 Å². The maximum absolute atomic E-state index is 13.3. The molecule has 1 aromatic heterocycles. The van der Waals surface area contributed by atoms with E-state index in [0.29, 0.717) is 18.8 Å². The lowest BCUT2D eigenvalue weighted by molar-refractivity contribution is 0.0741. The van der Waals surface area contributed by atoms with Crippen molar-refractivity contribution in [3.05, 3.63) is 58.1 Å². The minimum atomic E-state index is -0.282. The first kappa shape index (κ1) is 15.8. The minimum absolute atomic E-state index is 0.0469. The molecule has 1 heterocycles. The molecule has 0 saturated carbocycles. The van der Waals surface area contributed by atoms with Crippen molar-refractivity contribution in [3.8, 4) is 0 Å². The van der Waals surface area contributed by atoms with Crippen molar-refractivity contribution in [1.29, 1.82) is 0 Å². The van der Waals surface area contributed by atoms with Gasteiger partial charge in [0.15, 0.2) is 0 Å². The molecule has 21 heavy (non-hydrogen) atoms. The van der Waals surface area contributed by atoms with Crippen LogP contribution < -0.4 is 0 Å². The Morgan fingerprint density at radius 1 is 1.33 bits per heavy atom. The summed E-state index contributed by atoms with van der Waals surface area (Å²) in [5.74, 6) is -0.329. The summed E-state index contributed by atoms with van der Waals surface area (Å²) in [6.07, 6.45) is 1.89. The molecule has 0 bridgehead atoms. The van der Waals surface area contributed by atoms with E-state index >= 15 is 0 Å². The molecule has 0 unspecified atom stereocenters. The third kappa shape index (κ3) is 3.73. The number of aromatic nitrogens is 1. The van der Waals surface area contributed by atoms with Crippen molar-refractivity contribution >= 4 is 21.8 Å². The molecule has 5 heteroatoms. The summed E-state index contributed by atoms with van der Waals surface area (Å²) in [4.78, 5) is 14.4. The van der Waals surface area contributed by atoms with Crippen LogP contribution in [-0.4, -0.2) is 21.9 Å². The molecule has 112 valence electrons. The van der Waals surface area contributed by atoms with Gasteiger partial charge in [0, 0.05) is 30.3 Å². The van der Waals surface area contributed by atoms with Crippen LogP contribution in [0.3, 0.4) is 0 Å². The Balaban J connectivity index is 2.22. The second-order valence-electron chi connectivity index (χ2n) is 4.78. The van der Waals surface area contributed by atoms with E-state index in [1.807, 2.05) is 36.7 Å². The Morgan fingerprint density at radius 2 is 2.10 bits per heavy atom. The van der Waals surface area contributed by atoms with E-state index in [4.69, 9.17) is 0 Å². The van der Waals surface area contributed by atoms with E-state index in [1.165, 1.54) is 12.1 Å². The summed E-state index contributed by atoms with van der Waals surface area (Å²) >= 11 is 3.40. The number of benzene rings is 1. The second kappa shape index (κ2) is 6.89. The van der Waals surface area contributed by atoms with E-state index in [9.17, 15) is 9.18 Å². The Labute approximate surface area is 132 Å². The van der Waals surface area contributed by atoms with Gasteiger partial charge < -0.3 is 9.47 Å². The molecule has 0 aliphatic heterocycles. The zero-order valence-corrected chi connectivity index (χ0v) is 13.7. The van der Waals surface area contributed by atoms with Crippen molar-refractivity contribution in [2.45, 2.75) is 26.9 Å². The Morgan fingerprint density at radius 3 is 2.71 bits per heavy atom. The summed E-state index contributed by atoms with van der Waals surface area (Å²) in [7, 11) is 0. The molecule has 3 nitrogen and oxygen atoms in total. The Bertz CT molecular complexity index is 639. The highest BCUT2D eigenvalue weighted by Gasteiger charge is 2.18. The molecule has 0 spiro atoms. The third-order valence-corrected chi connectivity index (χ3v) is 3.79. The molecule has 0 N–H and O–H groups in total. The van der Waals surface area contributed by atoms with Gasteiger partial charge in [-0.15, -0.1) is 0 Å². The molecule has 0 aliphatic carbocycles. The van der Waals surface area contributed by atoms with E-state index < -0.39 is 0 Å². The largest absolute Gasteiger partial charge is 0.343 e. The second-order valence-corrected chi connectivity index (χ2v) is 5.69. The van der Waals surface area contributed by atoms with E-state index in [2.05, 4.69) is 15.9 Å². The number of halogens is 2. The minimum Gasteiger partial charge on any atom is -0.343 e. The standard InChI is InChI=1S/C16H18BrFN2O/c1-3-19-11-13(17)9-15(19)16(21)20(4-2)10-12-6-5-7-14(18)8-12/h5-9,11H,3-4,10H2,1-2H3. The fourth-order valence-electron chi connectivity index (χ4n) is 2.26. The first-order chi connectivity index (χ1) is 10.0. The number of hydrogen-bond donors (Lipinski definition) is 0. The zero-order chi connectivity index (χ0) is 15.4. The van der Waals surface area contributed by atoms with Gasteiger partial charge in [-0.2, -0.15) is 0 Å². The number of amides is 1. The number of aryl methyl sites for hydroxylation is 1. The van der Waals surface area contributed by atoms with Gasteiger partial charge in [0.05, 0.1) is 0 Å². The fourth-order valence-corrected chi connectivity index (χ4v) is 2.72. The van der Waals surface area contributed by atoms with Crippen molar-refractivity contribution in [2.24, 2.45) is 0 Å². The maximum atomic E-state index is 13.3. The lowest BCUT2D eigenvalue weighted by atomic mass is 10.2. The monoisotopic (exact) mass is 352 g/mol. The topological polar surface area (TPSA) is 25.2 Å². The molecule has 0 radical (unpaired) electrons. The maximum Gasteiger partial charge on any atom is 0.270 e. The van der Waals surface area contributed by atoms with Gasteiger partial charge in [0.1, 0.15) is 11.5 Å². The van der Waals surface area contributed by atoms with Gasteiger partial charge in [0.2, 0.25) is 0 Å². The Hall–Kier alpha value is -1.62. The van der Waals surface area contributed by atoms with Crippen LogP contribution in [0, 0.1) is 5.82 Å². The van der Waals surface area contributed by atoms with Gasteiger partial charge in [0.25, 0.3) is 5.91 Å². The van der Waals surface area contributed by atoms with Crippen molar-refractivity contribution in [1.82, 2.24) is 9.47 Å². The molecule has 2 rings (SSSR count). The van der Waals surface area contributed by atoms with Crippen LogP contribution >= 0.6 is 15.9 Å². The van der Waals surface area contributed by atoms with Gasteiger partial charge in [-0.05, 0) is 53.5 Å². The fraction of sp³-hybridized carbons (Fsp3) is 0.312. The van der Waals surface area contributed by atoms with Crippen LogP contribution in [0.5, 0.6) is 0 Å². The highest BCUT2D eigenvalue weighted by atomic mass is 79.9. The van der Waals surface area contributed by atoms with Gasteiger partial charge in [-0.25, -0.2) is 4.39 Å². The number of nitrogens with zero attached hydrogens (tertiary/aromatic N) is 2. The summed E-state index contributed by atoms with van der Waals surface area (Å²) in [5.41, 5.74) is 1.43. The number of hydrogen-bond acceptors (Lipinski definition) is 1. The first-order valence-electron chi connectivity index (χ1n) is 6.94. The van der Waals surface area contributed by atoms with Gasteiger partial charge >= 0.3 is 0 Å². The molecular weight excluding hydrogens is 335 g/mol. The molecule has 0 aliphatic rings. The van der Waals surface area contributed by atoms with Crippen LogP contribution in [0.4, 0.5) is 4.39 Å².